The van der Waals surface area contributed by atoms with Crippen LogP contribution >= 0.6 is 0 Å². The predicted octanol–water partition coefficient (Wildman–Crippen LogP) is 5.28. The number of fused-ring (bicyclic) bond motifs is 1. The van der Waals surface area contributed by atoms with Gasteiger partial charge in [0, 0.05) is 11.8 Å². The van der Waals surface area contributed by atoms with Gasteiger partial charge in [0.1, 0.15) is 11.7 Å². The topological polar surface area (TPSA) is 90.0 Å². The van der Waals surface area contributed by atoms with Crippen molar-refractivity contribution in [2.45, 2.75) is 46.6 Å². The Hall–Kier alpha value is -3.60. The number of hydrogen-bond donors (Lipinski definition) is 1. The molecule has 1 saturated carbocycles. The van der Waals surface area contributed by atoms with Crippen molar-refractivity contribution in [3.05, 3.63) is 53.0 Å². The minimum atomic E-state index is -0.528. The molecule has 3 aromatic rings. The number of nitrogens with zero attached hydrogens (tertiary/aromatic N) is 3. The lowest BCUT2D eigenvalue weighted by Crippen LogP contribution is -2.37. The molecule has 172 valence electrons. The van der Waals surface area contributed by atoms with Gasteiger partial charge in [-0.05, 0) is 49.7 Å². The Morgan fingerprint density at radius 2 is 1.94 bits per heavy atom. The van der Waals surface area contributed by atoms with Crippen molar-refractivity contribution >= 4 is 23.3 Å². The van der Waals surface area contributed by atoms with Crippen LogP contribution in [0.25, 0.3) is 21.9 Å². The molecule has 2 atom stereocenters. The van der Waals surface area contributed by atoms with Gasteiger partial charge in [-0.25, -0.2) is 19.4 Å². The zero-order valence-corrected chi connectivity index (χ0v) is 19.3. The number of nitrogens with one attached hydrogen (secondary N) is 1. The number of carbonyl (C=O) groups excluding carboxylic acids is 2. The van der Waals surface area contributed by atoms with Crippen molar-refractivity contribution in [3.63, 3.8) is 0 Å². The zero-order chi connectivity index (χ0) is 23.7. The van der Waals surface area contributed by atoms with E-state index in [0.29, 0.717) is 28.5 Å². The molecule has 2 aromatic heterocycles. The fourth-order valence-corrected chi connectivity index (χ4v) is 4.95. The first-order valence-electron chi connectivity index (χ1n) is 11.3. The average Bonchev–Trinajstić information content (AvgIpc) is 3.34. The van der Waals surface area contributed by atoms with Crippen LogP contribution in [-0.2, 0) is 9.47 Å². The molecule has 8 nitrogen and oxygen atoms in total. The van der Waals surface area contributed by atoms with E-state index in [1.807, 2.05) is 0 Å². The third kappa shape index (κ3) is 4.36. The molecular weight excluding hydrogens is 420 g/mol. The number of ether oxygens (including phenoxy) is 2. The minimum absolute atomic E-state index is 0.159. The number of aromatic nitrogens is 3. The van der Waals surface area contributed by atoms with Crippen LogP contribution in [0.4, 0.5) is 5.69 Å². The van der Waals surface area contributed by atoms with Crippen LogP contribution in [-0.4, -0.2) is 39.2 Å². The van der Waals surface area contributed by atoms with Gasteiger partial charge in [0.05, 0.1) is 18.7 Å². The van der Waals surface area contributed by atoms with Crippen LogP contribution in [0, 0.1) is 24.3 Å². The summed E-state index contributed by atoms with van der Waals surface area (Å²) in [5, 5.41) is 3.09. The number of benzene rings is 1. The summed E-state index contributed by atoms with van der Waals surface area (Å²) in [6, 6.07) is 6.90. The van der Waals surface area contributed by atoms with Gasteiger partial charge in [-0.3, -0.25) is 9.61 Å². The summed E-state index contributed by atoms with van der Waals surface area (Å²) in [5.41, 5.74) is 1.75. The van der Waals surface area contributed by atoms with E-state index in [2.05, 4.69) is 35.7 Å². The summed E-state index contributed by atoms with van der Waals surface area (Å²) in [4.78, 5) is 33.4. The van der Waals surface area contributed by atoms with Gasteiger partial charge in [-0.2, -0.15) is 0 Å². The lowest BCUT2D eigenvalue weighted by molar-refractivity contribution is -0.0249. The van der Waals surface area contributed by atoms with E-state index in [4.69, 9.17) is 16.0 Å². The molecule has 0 saturated heterocycles. The van der Waals surface area contributed by atoms with E-state index < -0.39 is 11.9 Å². The lowest BCUT2D eigenvalue weighted by atomic mass is 9.75. The Labute approximate surface area is 192 Å². The Kier molecular flexibility index (Phi) is 6.23. The van der Waals surface area contributed by atoms with Crippen molar-refractivity contribution in [3.8, 4) is 11.4 Å². The van der Waals surface area contributed by atoms with Gasteiger partial charge in [0.2, 0.25) is 5.69 Å². The fraction of sp³-hybridized carbons (Fsp3) is 0.440. The Bertz CT molecular complexity index is 1220. The molecular formula is C25H28N4O4. The van der Waals surface area contributed by atoms with Gasteiger partial charge >= 0.3 is 11.9 Å². The van der Waals surface area contributed by atoms with Crippen molar-refractivity contribution in [2.75, 3.05) is 6.61 Å². The molecule has 2 heterocycles. The van der Waals surface area contributed by atoms with E-state index >= 15 is 0 Å². The normalized spacial score (nSPS) is 22.6. The summed E-state index contributed by atoms with van der Waals surface area (Å²) in [6.07, 6.45) is 3.36. The van der Waals surface area contributed by atoms with Gasteiger partial charge in [0.15, 0.2) is 11.5 Å². The molecule has 0 spiro atoms. The first-order valence-corrected chi connectivity index (χ1v) is 11.3. The second kappa shape index (κ2) is 9.10. The summed E-state index contributed by atoms with van der Waals surface area (Å²) in [6.45, 7) is 16.0. The number of aromatic amines is 1. The van der Waals surface area contributed by atoms with Crippen LogP contribution < -0.4 is 0 Å². The number of carbonyl (C=O) groups is 2. The molecule has 1 N–H and O–H groups in total. The molecule has 1 aliphatic rings. The van der Waals surface area contributed by atoms with E-state index in [1.54, 1.807) is 41.9 Å². The highest BCUT2D eigenvalue weighted by Crippen LogP contribution is 2.36. The van der Waals surface area contributed by atoms with Gasteiger partial charge in [0.25, 0.3) is 0 Å². The fourth-order valence-electron chi connectivity index (χ4n) is 4.95. The highest BCUT2D eigenvalue weighted by Gasteiger charge is 2.35. The standard InChI is InChI=1S/C25H28N4O4/c1-6-32-24(30)18-9-7-8-17(12-18)22-27-23-20(19(26-5)13-29(23)28-22)25(31)33-21-15(3)10-14(2)11-16(21)4/h7-9,12-16,21H,6,10-11H2,1-4H3,(H,27,28). The van der Waals surface area contributed by atoms with Crippen LogP contribution in [0.3, 0.4) is 0 Å². The average molecular weight is 449 g/mol. The smallest absolute Gasteiger partial charge is 0.338 e. The van der Waals surface area contributed by atoms with Crippen molar-refractivity contribution in [1.29, 1.82) is 0 Å². The number of hydrogen-bond acceptors (Lipinski definition) is 5. The van der Waals surface area contributed by atoms with E-state index in [9.17, 15) is 9.59 Å². The SMILES string of the molecule is [C-]#[N+]c1cn2[nH]c(-c3cccc(C(=O)OCC)c3)nc2c1C(=O)OC1C(C)CC(C)CC1C. The quantitative estimate of drug-likeness (QED) is 0.423. The first-order chi connectivity index (χ1) is 15.8. The molecule has 0 bridgehead atoms. The molecule has 0 radical (unpaired) electrons. The van der Waals surface area contributed by atoms with Gasteiger partial charge in [-0.15, -0.1) is 0 Å². The summed E-state index contributed by atoms with van der Waals surface area (Å²) in [7, 11) is 0. The van der Waals surface area contributed by atoms with Crippen LogP contribution in [0.2, 0.25) is 0 Å². The maximum atomic E-state index is 13.2. The lowest BCUT2D eigenvalue weighted by Gasteiger charge is -2.37. The first kappa shape index (κ1) is 22.6. The Balaban J connectivity index is 1.66. The molecule has 1 fully saturated rings. The molecule has 33 heavy (non-hydrogen) atoms. The van der Waals surface area contributed by atoms with E-state index in [1.165, 1.54) is 0 Å². The van der Waals surface area contributed by atoms with Crippen LogP contribution in [0.15, 0.2) is 30.5 Å². The number of esters is 2. The molecule has 2 unspecified atom stereocenters. The Morgan fingerprint density at radius 1 is 1.21 bits per heavy atom. The maximum Gasteiger partial charge on any atom is 0.338 e. The van der Waals surface area contributed by atoms with Crippen molar-refractivity contribution in [1.82, 2.24) is 14.6 Å². The molecule has 0 aliphatic heterocycles. The molecule has 1 aliphatic carbocycles. The third-order valence-electron chi connectivity index (χ3n) is 6.29. The van der Waals surface area contributed by atoms with Crippen molar-refractivity contribution in [2.24, 2.45) is 17.8 Å². The van der Waals surface area contributed by atoms with Gasteiger partial charge in [-0.1, -0.05) is 32.9 Å². The second-order valence-electron chi connectivity index (χ2n) is 8.97. The molecule has 1 aromatic carbocycles. The molecule has 4 rings (SSSR count). The third-order valence-corrected chi connectivity index (χ3v) is 6.29. The Morgan fingerprint density at radius 3 is 2.61 bits per heavy atom. The predicted molar refractivity (Wildman–Crippen MR) is 123 cm³/mol. The van der Waals surface area contributed by atoms with Crippen molar-refractivity contribution < 1.29 is 19.1 Å². The van der Waals surface area contributed by atoms with Crippen LogP contribution in [0.1, 0.15) is 61.3 Å². The van der Waals surface area contributed by atoms with E-state index in [0.717, 1.165) is 12.8 Å². The van der Waals surface area contributed by atoms with Crippen LogP contribution in [0.5, 0.6) is 0 Å². The largest absolute Gasteiger partial charge is 0.462 e. The molecule has 0 amide bonds. The second-order valence-corrected chi connectivity index (χ2v) is 8.97. The van der Waals surface area contributed by atoms with Gasteiger partial charge < -0.3 is 9.47 Å². The zero-order valence-electron chi connectivity index (χ0n) is 19.3. The minimum Gasteiger partial charge on any atom is -0.462 e. The summed E-state index contributed by atoms with van der Waals surface area (Å²) >= 11 is 0. The van der Waals surface area contributed by atoms with E-state index in [-0.39, 0.29) is 35.8 Å². The molecule has 8 heteroatoms. The monoisotopic (exact) mass is 448 g/mol. The number of rotatable bonds is 5. The highest BCUT2D eigenvalue weighted by atomic mass is 16.5. The maximum absolute atomic E-state index is 13.2. The highest BCUT2D eigenvalue weighted by molar-refractivity contribution is 6.03. The number of H-pyrrole nitrogens is 1. The summed E-state index contributed by atoms with van der Waals surface area (Å²) in [5.74, 6) is 0.631. The summed E-state index contributed by atoms with van der Waals surface area (Å²) < 4.78 is 12.6.